The molecule has 0 fully saturated rings. The molecule has 3 nitrogen and oxygen atoms in total. The molecule has 0 radical (unpaired) electrons. The van der Waals surface area contributed by atoms with Crippen LogP contribution < -0.4 is 5.73 Å². The van der Waals surface area contributed by atoms with Crippen LogP contribution >= 0.6 is 0 Å². The summed E-state index contributed by atoms with van der Waals surface area (Å²) >= 11 is 0. The molecular weight excluding hydrogens is 178 g/mol. The summed E-state index contributed by atoms with van der Waals surface area (Å²) in [5, 5.41) is 8.87. The molecule has 0 aliphatic heterocycles. The molecule has 0 spiro atoms. The lowest BCUT2D eigenvalue weighted by molar-refractivity contribution is -0.123. The molecule has 0 aliphatic carbocycles. The van der Waals surface area contributed by atoms with E-state index in [0.29, 0.717) is 6.42 Å². The third-order valence-corrected chi connectivity index (χ3v) is 2.25. The standard InChI is InChI=1S/C11H15NO2/c12-11(14)10(8-13)7-6-9-4-2-1-3-5-9/h1-5,10,13H,6-8H2,(H2,12,14)/t10-/m1/s1. The summed E-state index contributed by atoms with van der Waals surface area (Å²) in [6.45, 7) is -0.165. The van der Waals surface area contributed by atoms with Crippen molar-refractivity contribution in [1.29, 1.82) is 0 Å². The van der Waals surface area contributed by atoms with Crippen LogP contribution in [0.4, 0.5) is 0 Å². The van der Waals surface area contributed by atoms with E-state index in [9.17, 15) is 4.79 Å². The number of hydrogen-bond donors (Lipinski definition) is 2. The van der Waals surface area contributed by atoms with Gasteiger partial charge in [-0.15, -0.1) is 0 Å². The van der Waals surface area contributed by atoms with Crippen molar-refractivity contribution in [3.8, 4) is 0 Å². The fourth-order valence-electron chi connectivity index (χ4n) is 1.31. The minimum absolute atomic E-state index is 0.165. The summed E-state index contributed by atoms with van der Waals surface area (Å²) < 4.78 is 0. The van der Waals surface area contributed by atoms with Gasteiger partial charge in [0.25, 0.3) is 0 Å². The Labute approximate surface area is 83.6 Å². The largest absolute Gasteiger partial charge is 0.396 e. The summed E-state index contributed by atoms with van der Waals surface area (Å²) in [6.07, 6.45) is 1.38. The van der Waals surface area contributed by atoms with Gasteiger partial charge in [0.05, 0.1) is 12.5 Å². The zero-order chi connectivity index (χ0) is 10.4. The molecule has 0 saturated heterocycles. The minimum atomic E-state index is -0.427. The van der Waals surface area contributed by atoms with Crippen molar-refractivity contribution in [3.63, 3.8) is 0 Å². The molecule has 0 heterocycles. The highest BCUT2D eigenvalue weighted by Crippen LogP contribution is 2.08. The third kappa shape index (κ3) is 3.18. The normalized spacial score (nSPS) is 12.4. The second kappa shape index (κ2) is 5.40. The van der Waals surface area contributed by atoms with Crippen molar-refractivity contribution in [2.45, 2.75) is 12.8 Å². The predicted molar refractivity (Wildman–Crippen MR) is 54.5 cm³/mol. The minimum Gasteiger partial charge on any atom is -0.396 e. The summed E-state index contributed by atoms with van der Waals surface area (Å²) in [7, 11) is 0. The van der Waals surface area contributed by atoms with Crippen LogP contribution in [0.5, 0.6) is 0 Å². The highest BCUT2D eigenvalue weighted by molar-refractivity contribution is 5.76. The number of rotatable bonds is 5. The Morgan fingerprint density at radius 1 is 1.36 bits per heavy atom. The first kappa shape index (κ1) is 10.7. The molecule has 14 heavy (non-hydrogen) atoms. The zero-order valence-electron chi connectivity index (χ0n) is 8.02. The lowest BCUT2D eigenvalue weighted by Crippen LogP contribution is -2.26. The van der Waals surface area contributed by atoms with Crippen LogP contribution in [0.25, 0.3) is 0 Å². The van der Waals surface area contributed by atoms with Crippen molar-refractivity contribution in [3.05, 3.63) is 35.9 Å². The molecule has 3 N–H and O–H groups in total. The Hall–Kier alpha value is -1.35. The van der Waals surface area contributed by atoms with E-state index in [4.69, 9.17) is 10.8 Å². The van der Waals surface area contributed by atoms with Crippen LogP contribution in [0.3, 0.4) is 0 Å². The molecule has 0 aliphatic rings. The molecule has 1 atom stereocenters. The first-order valence-electron chi connectivity index (χ1n) is 4.68. The molecule has 3 heteroatoms. The lowest BCUT2D eigenvalue weighted by atomic mass is 10.00. The Balaban J connectivity index is 2.44. The second-order valence-corrected chi connectivity index (χ2v) is 3.31. The fraction of sp³-hybridized carbons (Fsp3) is 0.364. The molecule has 1 aromatic carbocycles. The van der Waals surface area contributed by atoms with E-state index in [2.05, 4.69) is 0 Å². The summed E-state index contributed by atoms with van der Waals surface area (Å²) in [5.74, 6) is -0.848. The van der Waals surface area contributed by atoms with Crippen LogP contribution in [0.1, 0.15) is 12.0 Å². The van der Waals surface area contributed by atoms with Gasteiger partial charge in [-0.2, -0.15) is 0 Å². The van der Waals surface area contributed by atoms with Crippen LogP contribution in [0, 0.1) is 5.92 Å². The number of carbonyl (C=O) groups is 1. The van der Waals surface area contributed by atoms with Gasteiger partial charge in [0.2, 0.25) is 5.91 Å². The van der Waals surface area contributed by atoms with Crippen LogP contribution in [0.2, 0.25) is 0 Å². The quantitative estimate of drug-likeness (QED) is 0.723. The van der Waals surface area contributed by atoms with Gasteiger partial charge < -0.3 is 10.8 Å². The maximum absolute atomic E-state index is 10.8. The SMILES string of the molecule is NC(=O)[C@@H](CO)CCc1ccccc1. The van der Waals surface area contributed by atoms with Gasteiger partial charge in [-0.3, -0.25) is 4.79 Å². The zero-order valence-corrected chi connectivity index (χ0v) is 8.02. The Morgan fingerprint density at radius 3 is 2.50 bits per heavy atom. The van der Waals surface area contributed by atoms with E-state index >= 15 is 0 Å². The molecule has 0 aromatic heterocycles. The van der Waals surface area contributed by atoms with E-state index in [1.807, 2.05) is 30.3 Å². The predicted octanol–water partition coefficient (Wildman–Crippen LogP) is 0.713. The van der Waals surface area contributed by atoms with E-state index < -0.39 is 11.8 Å². The number of benzene rings is 1. The van der Waals surface area contributed by atoms with Gasteiger partial charge in [-0.1, -0.05) is 30.3 Å². The van der Waals surface area contributed by atoms with Gasteiger partial charge >= 0.3 is 0 Å². The van der Waals surface area contributed by atoms with Crippen molar-refractivity contribution in [2.24, 2.45) is 11.7 Å². The molecule has 0 bridgehead atoms. The van der Waals surface area contributed by atoms with Gasteiger partial charge in [0, 0.05) is 0 Å². The highest BCUT2D eigenvalue weighted by Gasteiger charge is 2.13. The monoisotopic (exact) mass is 193 g/mol. The molecule has 0 unspecified atom stereocenters. The molecule has 76 valence electrons. The van der Waals surface area contributed by atoms with Crippen molar-refractivity contribution >= 4 is 5.91 Å². The van der Waals surface area contributed by atoms with E-state index in [1.54, 1.807) is 0 Å². The fourth-order valence-corrected chi connectivity index (χ4v) is 1.31. The molecule has 0 saturated carbocycles. The third-order valence-electron chi connectivity index (χ3n) is 2.25. The van der Waals surface area contributed by atoms with Crippen LogP contribution in [-0.2, 0) is 11.2 Å². The lowest BCUT2D eigenvalue weighted by Gasteiger charge is -2.09. The van der Waals surface area contributed by atoms with Gasteiger partial charge in [0.15, 0.2) is 0 Å². The Kier molecular flexibility index (Phi) is 4.13. The van der Waals surface area contributed by atoms with Crippen LogP contribution in [-0.4, -0.2) is 17.6 Å². The first-order chi connectivity index (χ1) is 6.74. The molecule has 1 amide bonds. The number of carbonyl (C=O) groups excluding carboxylic acids is 1. The van der Waals surface area contributed by atoms with E-state index in [-0.39, 0.29) is 6.61 Å². The number of aryl methyl sites for hydroxylation is 1. The highest BCUT2D eigenvalue weighted by atomic mass is 16.3. The molecule has 1 rings (SSSR count). The van der Waals surface area contributed by atoms with E-state index in [0.717, 1.165) is 12.0 Å². The maximum Gasteiger partial charge on any atom is 0.222 e. The van der Waals surface area contributed by atoms with Crippen molar-refractivity contribution in [1.82, 2.24) is 0 Å². The van der Waals surface area contributed by atoms with E-state index in [1.165, 1.54) is 0 Å². The molecule has 1 aromatic rings. The maximum atomic E-state index is 10.8. The Bertz CT molecular complexity index is 285. The number of primary amides is 1. The Morgan fingerprint density at radius 2 is 2.00 bits per heavy atom. The number of amides is 1. The number of hydrogen-bond acceptors (Lipinski definition) is 2. The summed E-state index contributed by atoms with van der Waals surface area (Å²) in [4.78, 5) is 10.8. The number of aliphatic hydroxyl groups excluding tert-OH is 1. The van der Waals surface area contributed by atoms with Crippen LogP contribution in [0.15, 0.2) is 30.3 Å². The topological polar surface area (TPSA) is 63.3 Å². The van der Waals surface area contributed by atoms with Crippen molar-refractivity contribution < 1.29 is 9.90 Å². The summed E-state index contributed by atoms with van der Waals surface area (Å²) in [6, 6.07) is 9.84. The first-order valence-corrected chi connectivity index (χ1v) is 4.68. The average molecular weight is 193 g/mol. The van der Waals surface area contributed by atoms with Crippen molar-refractivity contribution in [2.75, 3.05) is 6.61 Å². The number of aliphatic hydroxyl groups is 1. The smallest absolute Gasteiger partial charge is 0.222 e. The average Bonchev–Trinajstić information content (AvgIpc) is 2.20. The second-order valence-electron chi connectivity index (χ2n) is 3.31. The van der Waals surface area contributed by atoms with Gasteiger partial charge in [0.1, 0.15) is 0 Å². The van der Waals surface area contributed by atoms with Gasteiger partial charge in [-0.25, -0.2) is 0 Å². The van der Waals surface area contributed by atoms with Gasteiger partial charge in [-0.05, 0) is 18.4 Å². The molecular formula is C11H15NO2. The number of nitrogens with two attached hydrogens (primary N) is 1. The summed E-state index contributed by atoms with van der Waals surface area (Å²) in [5.41, 5.74) is 6.27.